The summed E-state index contributed by atoms with van der Waals surface area (Å²) in [6.07, 6.45) is -0.649. The highest BCUT2D eigenvalue weighted by molar-refractivity contribution is 5.80. The van der Waals surface area contributed by atoms with Crippen molar-refractivity contribution in [3.8, 4) is 23.0 Å². The van der Waals surface area contributed by atoms with E-state index in [-0.39, 0.29) is 0 Å². The number of hydrogen-bond donors (Lipinski definition) is 1. The highest BCUT2D eigenvalue weighted by Gasteiger charge is 2.41. The Labute approximate surface area is 139 Å². The lowest BCUT2D eigenvalue weighted by atomic mass is 9.91. The molecule has 0 saturated carbocycles. The Hall–Kier alpha value is -2.89. The molecule has 1 aliphatic heterocycles. The maximum absolute atomic E-state index is 11.8. The lowest BCUT2D eigenvalue weighted by Gasteiger charge is -2.18. The summed E-state index contributed by atoms with van der Waals surface area (Å²) < 4.78 is 21.6. The Bertz CT molecular complexity index is 770. The smallest absolute Gasteiger partial charge is 0.315 e. The number of ether oxygens (including phenoxy) is 4. The van der Waals surface area contributed by atoms with E-state index in [9.17, 15) is 9.90 Å². The van der Waals surface area contributed by atoms with Gasteiger partial charge in [-0.15, -0.1) is 0 Å². The number of aliphatic carboxylic acids is 1. The lowest BCUT2D eigenvalue weighted by Crippen LogP contribution is -2.18. The molecule has 0 radical (unpaired) electrons. The van der Waals surface area contributed by atoms with Gasteiger partial charge >= 0.3 is 5.97 Å². The zero-order valence-electron chi connectivity index (χ0n) is 13.6. The van der Waals surface area contributed by atoms with E-state index in [1.54, 1.807) is 50.6 Å². The van der Waals surface area contributed by atoms with Crippen molar-refractivity contribution in [3.63, 3.8) is 0 Å². The monoisotopic (exact) mass is 330 g/mol. The maximum atomic E-state index is 11.8. The summed E-state index contributed by atoms with van der Waals surface area (Å²) in [4.78, 5) is 11.8. The molecule has 24 heavy (non-hydrogen) atoms. The molecule has 2 atom stereocenters. The van der Waals surface area contributed by atoms with E-state index in [2.05, 4.69) is 0 Å². The van der Waals surface area contributed by atoms with Crippen LogP contribution in [0, 0.1) is 0 Å². The molecule has 1 aliphatic rings. The van der Waals surface area contributed by atoms with Crippen LogP contribution < -0.4 is 18.9 Å². The number of carboxylic acids is 1. The van der Waals surface area contributed by atoms with Crippen LogP contribution in [0.25, 0.3) is 0 Å². The zero-order chi connectivity index (χ0) is 17.3. The number of methoxy groups -OCH3 is 3. The van der Waals surface area contributed by atoms with Crippen LogP contribution in [0.2, 0.25) is 0 Å². The van der Waals surface area contributed by atoms with Gasteiger partial charge in [-0.25, -0.2) is 0 Å². The molecule has 6 heteroatoms. The van der Waals surface area contributed by atoms with Crippen LogP contribution >= 0.6 is 0 Å². The first-order chi connectivity index (χ1) is 11.6. The number of hydrogen-bond acceptors (Lipinski definition) is 5. The number of fused-ring (bicyclic) bond motifs is 1. The predicted molar refractivity (Wildman–Crippen MR) is 86.3 cm³/mol. The average molecular weight is 330 g/mol. The standard InChI is InChI=1S/C18H18O6/c1-21-11-5-7-13-12(9-11)16(18(19)20)17(24-13)10-4-6-14(22-2)15(8-10)23-3/h4-9,16-17H,1-3H3,(H,19,20)/t16-,17+/m0/s1. The highest BCUT2D eigenvalue weighted by atomic mass is 16.5. The SMILES string of the molecule is COc1ccc2c(c1)[C@H](C(=O)O)[C@@H](c1ccc(OC)c(OC)c1)O2. The van der Waals surface area contributed by atoms with Gasteiger partial charge in [0.15, 0.2) is 11.5 Å². The van der Waals surface area contributed by atoms with Crippen molar-refractivity contribution in [3.05, 3.63) is 47.5 Å². The normalized spacial score (nSPS) is 18.5. The molecular formula is C18H18O6. The van der Waals surface area contributed by atoms with E-state index < -0.39 is 18.0 Å². The maximum Gasteiger partial charge on any atom is 0.315 e. The quantitative estimate of drug-likeness (QED) is 0.908. The molecule has 0 saturated heterocycles. The summed E-state index contributed by atoms with van der Waals surface area (Å²) in [5.41, 5.74) is 1.30. The second-order valence-corrected chi connectivity index (χ2v) is 5.37. The van der Waals surface area contributed by atoms with Crippen molar-refractivity contribution in [2.75, 3.05) is 21.3 Å². The van der Waals surface area contributed by atoms with Gasteiger partial charge in [0, 0.05) is 5.56 Å². The molecule has 126 valence electrons. The number of benzene rings is 2. The van der Waals surface area contributed by atoms with E-state index >= 15 is 0 Å². The summed E-state index contributed by atoms with van der Waals surface area (Å²) in [5.74, 6) is 0.455. The summed E-state index contributed by atoms with van der Waals surface area (Å²) >= 11 is 0. The van der Waals surface area contributed by atoms with Gasteiger partial charge in [-0.3, -0.25) is 4.79 Å². The van der Waals surface area contributed by atoms with Crippen LogP contribution in [0.1, 0.15) is 23.1 Å². The third-order valence-corrected chi connectivity index (χ3v) is 4.11. The molecule has 6 nitrogen and oxygen atoms in total. The van der Waals surface area contributed by atoms with Gasteiger partial charge in [0.05, 0.1) is 21.3 Å². The summed E-state index contributed by atoms with van der Waals surface area (Å²) in [5, 5.41) is 9.71. The summed E-state index contributed by atoms with van der Waals surface area (Å²) in [7, 11) is 4.62. The van der Waals surface area contributed by atoms with Gasteiger partial charge < -0.3 is 24.1 Å². The molecule has 0 aromatic heterocycles. The molecule has 0 unspecified atom stereocenters. The van der Waals surface area contributed by atoms with Crippen molar-refractivity contribution in [2.45, 2.75) is 12.0 Å². The van der Waals surface area contributed by atoms with Crippen LogP contribution in [0.3, 0.4) is 0 Å². The van der Waals surface area contributed by atoms with E-state index in [0.29, 0.717) is 34.1 Å². The van der Waals surface area contributed by atoms with Crippen molar-refractivity contribution in [1.29, 1.82) is 0 Å². The zero-order valence-corrected chi connectivity index (χ0v) is 13.6. The summed E-state index contributed by atoms with van der Waals surface area (Å²) in [6, 6.07) is 10.4. The fraction of sp³-hybridized carbons (Fsp3) is 0.278. The second-order valence-electron chi connectivity index (χ2n) is 5.37. The average Bonchev–Trinajstić information content (AvgIpc) is 2.99. The molecule has 0 spiro atoms. The van der Waals surface area contributed by atoms with E-state index in [1.807, 2.05) is 0 Å². The number of rotatable bonds is 5. The number of carbonyl (C=O) groups is 1. The first-order valence-corrected chi connectivity index (χ1v) is 7.38. The fourth-order valence-corrected chi connectivity index (χ4v) is 2.92. The van der Waals surface area contributed by atoms with Gasteiger partial charge in [-0.1, -0.05) is 6.07 Å². The first kappa shape index (κ1) is 16.0. The molecule has 1 N–H and O–H groups in total. The largest absolute Gasteiger partial charge is 0.497 e. The van der Waals surface area contributed by atoms with Crippen LogP contribution in [-0.2, 0) is 4.79 Å². The first-order valence-electron chi connectivity index (χ1n) is 7.38. The van der Waals surface area contributed by atoms with Crippen LogP contribution in [0.4, 0.5) is 0 Å². The minimum absolute atomic E-state index is 0.524. The topological polar surface area (TPSA) is 74.2 Å². The van der Waals surface area contributed by atoms with Crippen molar-refractivity contribution in [2.24, 2.45) is 0 Å². The van der Waals surface area contributed by atoms with E-state index in [1.165, 1.54) is 7.11 Å². The Kier molecular flexibility index (Phi) is 4.20. The van der Waals surface area contributed by atoms with Crippen LogP contribution in [-0.4, -0.2) is 32.4 Å². The van der Waals surface area contributed by atoms with Crippen LogP contribution in [0.15, 0.2) is 36.4 Å². The molecule has 2 aromatic carbocycles. The molecule has 0 fully saturated rings. The predicted octanol–water partition coefficient (Wildman–Crippen LogP) is 3.01. The lowest BCUT2D eigenvalue weighted by molar-refractivity contribution is -0.140. The van der Waals surface area contributed by atoms with Gasteiger partial charge in [0.2, 0.25) is 0 Å². The summed E-state index contributed by atoms with van der Waals surface area (Å²) in [6.45, 7) is 0. The second kappa shape index (κ2) is 6.31. The van der Waals surface area contributed by atoms with Crippen molar-refractivity contribution in [1.82, 2.24) is 0 Å². The third-order valence-electron chi connectivity index (χ3n) is 4.11. The Morgan fingerprint density at radius 1 is 1.00 bits per heavy atom. The molecule has 2 aromatic rings. The molecule has 0 bridgehead atoms. The van der Waals surface area contributed by atoms with Crippen molar-refractivity contribution < 1.29 is 28.8 Å². The Balaban J connectivity index is 2.04. The minimum Gasteiger partial charge on any atom is -0.497 e. The molecule has 0 amide bonds. The van der Waals surface area contributed by atoms with Crippen LogP contribution in [0.5, 0.6) is 23.0 Å². The molecular weight excluding hydrogens is 312 g/mol. The third kappa shape index (κ3) is 2.60. The fourth-order valence-electron chi connectivity index (χ4n) is 2.92. The Morgan fingerprint density at radius 3 is 2.38 bits per heavy atom. The minimum atomic E-state index is -0.957. The van der Waals surface area contributed by atoms with Gasteiger partial charge in [0.1, 0.15) is 23.5 Å². The van der Waals surface area contributed by atoms with Gasteiger partial charge in [-0.2, -0.15) is 0 Å². The van der Waals surface area contributed by atoms with Gasteiger partial charge in [0.25, 0.3) is 0 Å². The van der Waals surface area contributed by atoms with Crippen molar-refractivity contribution >= 4 is 5.97 Å². The molecule has 3 rings (SSSR count). The van der Waals surface area contributed by atoms with E-state index in [4.69, 9.17) is 18.9 Å². The Morgan fingerprint density at radius 2 is 1.75 bits per heavy atom. The highest BCUT2D eigenvalue weighted by Crippen LogP contribution is 2.48. The number of carboxylic acid groups (broad SMARTS) is 1. The molecule has 0 aliphatic carbocycles. The molecule has 1 heterocycles. The van der Waals surface area contributed by atoms with E-state index in [0.717, 1.165) is 0 Å². The van der Waals surface area contributed by atoms with Gasteiger partial charge in [-0.05, 0) is 35.9 Å².